The molecule has 0 bridgehead atoms. The van der Waals surface area contributed by atoms with Crippen LogP contribution in [0.4, 0.5) is 0 Å². The van der Waals surface area contributed by atoms with Gasteiger partial charge in [-0.3, -0.25) is 9.59 Å². The van der Waals surface area contributed by atoms with Crippen LogP contribution in [0.5, 0.6) is 0 Å². The van der Waals surface area contributed by atoms with Gasteiger partial charge >= 0.3 is 0 Å². The smallest absolute Gasteiger partial charge is 0.220 e. The highest BCUT2D eigenvalue weighted by Gasteiger charge is 2.32. The summed E-state index contributed by atoms with van der Waals surface area (Å²) in [6.07, 6.45) is 8.72. The molecule has 136 valence electrons. The fourth-order valence-corrected chi connectivity index (χ4v) is 4.35. The second-order valence-electron chi connectivity index (χ2n) is 8.11. The largest absolute Gasteiger partial charge is 0.356 e. The van der Waals surface area contributed by atoms with E-state index in [0.717, 1.165) is 19.3 Å². The van der Waals surface area contributed by atoms with Crippen molar-refractivity contribution in [1.29, 1.82) is 0 Å². The van der Waals surface area contributed by atoms with Crippen LogP contribution < -0.4 is 10.6 Å². The van der Waals surface area contributed by atoms with Gasteiger partial charge in [0, 0.05) is 25.9 Å². The van der Waals surface area contributed by atoms with Crippen molar-refractivity contribution in [2.24, 2.45) is 23.7 Å². The zero-order valence-corrected chi connectivity index (χ0v) is 15.7. The van der Waals surface area contributed by atoms with Crippen LogP contribution in [0.3, 0.4) is 0 Å². The van der Waals surface area contributed by atoms with Crippen molar-refractivity contribution < 1.29 is 9.59 Å². The number of carbonyl (C=O) groups excluding carboxylic acids is 2. The molecule has 0 aliphatic heterocycles. The van der Waals surface area contributed by atoms with Gasteiger partial charge in [-0.15, -0.1) is 0 Å². The van der Waals surface area contributed by atoms with Crippen LogP contribution in [0, 0.1) is 23.7 Å². The Morgan fingerprint density at radius 1 is 1.25 bits per heavy atom. The van der Waals surface area contributed by atoms with Gasteiger partial charge in [0.15, 0.2) is 0 Å². The second-order valence-corrected chi connectivity index (χ2v) is 8.11. The fraction of sp³-hybridized carbons (Fsp3) is 0.800. The molecule has 4 heteroatoms. The molecule has 24 heavy (non-hydrogen) atoms. The third kappa shape index (κ3) is 5.35. The SMILES string of the molecule is CC(=O)NCC1C=C(C)C(CC(=O)NC2CCCC2)CC1C(C)C. The third-order valence-electron chi connectivity index (χ3n) is 5.82. The second kappa shape index (κ2) is 8.68. The molecule has 1 fully saturated rings. The lowest BCUT2D eigenvalue weighted by Crippen LogP contribution is -2.38. The number of amides is 2. The number of hydrogen-bond acceptors (Lipinski definition) is 2. The van der Waals surface area contributed by atoms with E-state index in [2.05, 4.69) is 37.5 Å². The van der Waals surface area contributed by atoms with Gasteiger partial charge in [0.05, 0.1) is 0 Å². The van der Waals surface area contributed by atoms with Crippen molar-refractivity contribution in [2.75, 3.05) is 6.54 Å². The Morgan fingerprint density at radius 3 is 2.50 bits per heavy atom. The molecular formula is C20H34N2O2. The van der Waals surface area contributed by atoms with E-state index in [1.165, 1.54) is 18.4 Å². The van der Waals surface area contributed by atoms with E-state index in [1.807, 2.05) is 0 Å². The van der Waals surface area contributed by atoms with Gasteiger partial charge in [0.25, 0.3) is 0 Å². The van der Waals surface area contributed by atoms with E-state index < -0.39 is 0 Å². The Kier molecular flexibility index (Phi) is 6.88. The quantitative estimate of drug-likeness (QED) is 0.731. The van der Waals surface area contributed by atoms with Gasteiger partial charge < -0.3 is 10.6 Å². The number of nitrogens with one attached hydrogen (secondary N) is 2. The summed E-state index contributed by atoms with van der Waals surface area (Å²) < 4.78 is 0. The van der Waals surface area contributed by atoms with Gasteiger partial charge in [-0.05, 0) is 49.9 Å². The minimum absolute atomic E-state index is 0.0293. The number of carbonyl (C=O) groups is 2. The predicted octanol–water partition coefficient (Wildman–Crippen LogP) is 3.43. The first kappa shape index (κ1) is 19.0. The average Bonchev–Trinajstić information content (AvgIpc) is 2.99. The van der Waals surface area contributed by atoms with Crippen LogP contribution in [-0.2, 0) is 9.59 Å². The van der Waals surface area contributed by atoms with Gasteiger partial charge in [-0.25, -0.2) is 0 Å². The van der Waals surface area contributed by atoms with Crippen LogP contribution in [0.15, 0.2) is 11.6 Å². The molecule has 1 saturated carbocycles. The Morgan fingerprint density at radius 2 is 1.92 bits per heavy atom. The molecular weight excluding hydrogens is 300 g/mol. The van der Waals surface area contributed by atoms with Crippen LogP contribution in [-0.4, -0.2) is 24.4 Å². The lowest BCUT2D eigenvalue weighted by Gasteiger charge is -2.37. The molecule has 0 saturated heterocycles. The molecule has 0 radical (unpaired) electrons. The molecule has 0 aromatic carbocycles. The van der Waals surface area contributed by atoms with Gasteiger partial charge in [0.1, 0.15) is 0 Å². The van der Waals surface area contributed by atoms with E-state index >= 15 is 0 Å². The summed E-state index contributed by atoms with van der Waals surface area (Å²) in [6.45, 7) is 8.91. The summed E-state index contributed by atoms with van der Waals surface area (Å²) in [5, 5.41) is 6.18. The molecule has 3 atom stereocenters. The van der Waals surface area contributed by atoms with Crippen LogP contribution in [0.1, 0.15) is 66.2 Å². The molecule has 4 nitrogen and oxygen atoms in total. The molecule has 3 unspecified atom stereocenters. The van der Waals surface area contributed by atoms with Gasteiger partial charge in [-0.2, -0.15) is 0 Å². The summed E-state index contributed by atoms with van der Waals surface area (Å²) >= 11 is 0. The highest BCUT2D eigenvalue weighted by molar-refractivity contribution is 5.77. The molecule has 0 aromatic heterocycles. The highest BCUT2D eigenvalue weighted by Crippen LogP contribution is 2.38. The van der Waals surface area contributed by atoms with E-state index in [9.17, 15) is 9.59 Å². The first-order valence-corrected chi connectivity index (χ1v) is 9.59. The van der Waals surface area contributed by atoms with Crippen LogP contribution in [0.25, 0.3) is 0 Å². The van der Waals surface area contributed by atoms with E-state index in [4.69, 9.17) is 0 Å². The molecule has 2 aliphatic carbocycles. The van der Waals surface area contributed by atoms with Gasteiger partial charge in [0.2, 0.25) is 11.8 Å². The average molecular weight is 335 g/mol. The van der Waals surface area contributed by atoms with E-state index in [1.54, 1.807) is 6.92 Å². The lowest BCUT2D eigenvalue weighted by molar-refractivity contribution is -0.122. The van der Waals surface area contributed by atoms with Crippen molar-refractivity contribution in [2.45, 2.75) is 72.3 Å². The zero-order chi connectivity index (χ0) is 17.7. The van der Waals surface area contributed by atoms with Crippen LogP contribution in [0.2, 0.25) is 0 Å². The summed E-state index contributed by atoms with van der Waals surface area (Å²) in [7, 11) is 0. The molecule has 0 heterocycles. The van der Waals surface area contributed by atoms with Crippen LogP contribution >= 0.6 is 0 Å². The molecule has 2 rings (SSSR count). The predicted molar refractivity (Wildman–Crippen MR) is 97.4 cm³/mol. The normalized spacial score (nSPS) is 27.9. The lowest BCUT2D eigenvalue weighted by atomic mass is 9.69. The maximum absolute atomic E-state index is 12.4. The summed E-state index contributed by atoms with van der Waals surface area (Å²) in [4.78, 5) is 23.6. The minimum Gasteiger partial charge on any atom is -0.356 e. The molecule has 2 aliphatic rings. The monoisotopic (exact) mass is 334 g/mol. The standard InChI is InChI=1S/C20H34N2O2/c1-13(2)19-10-16(11-20(24)22-18-7-5-6-8-18)14(3)9-17(19)12-21-15(4)23/h9,13,16-19H,5-8,10-12H2,1-4H3,(H,21,23)(H,22,24). The third-order valence-corrected chi connectivity index (χ3v) is 5.82. The Balaban J connectivity index is 1.96. The van der Waals surface area contributed by atoms with E-state index in [-0.39, 0.29) is 11.8 Å². The topological polar surface area (TPSA) is 58.2 Å². The molecule has 2 N–H and O–H groups in total. The van der Waals surface area contributed by atoms with Crippen molar-refractivity contribution in [3.8, 4) is 0 Å². The zero-order valence-electron chi connectivity index (χ0n) is 15.7. The Labute approximate surface area is 146 Å². The highest BCUT2D eigenvalue weighted by atomic mass is 16.2. The van der Waals surface area contributed by atoms with Gasteiger partial charge in [-0.1, -0.05) is 38.3 Å². The maximum atomic E-state index is 12.4. The van der Waals surface area contributed by atoms with Crippen molar-refractivity contribution >= 4 is 11.8 Å². The van der Waals surface area contributed by atoms with Crippen molar-refractivity contribution in [1.82, 2.24) is 10.6 Å². The summed E-state index contributed by atoms with van der Waals surface area (Å²) in [5.41, 5.74) is 1.31. The summed E-state index contributed by atoms with van der Waals surface area (Å²) in [6, 6.07) is 0.402. The number of allylic oxidation sites excluding steroid dienone is 1. The summed E-state index contributed by atoms with van der Waals surface area (Å²) in [5.74, 6) is 2.03. The first-order valence-electron chi connectivity index (χ1n) is 9.59. The minimum atomic E-state index is 0.0293. The number of rotatable bonds is 6. The van der Waals surface area contributed by atoms with Crippen molar-refractivity contribution in [3.63, 3.8) is 0 Å². The molecule has 0 aromatic rings. The molecule has 2 amide bonds. The Hall–Kier alpha value is -1.32. The maximum Gasteiger partial charge on any atom is 0.220 e. The van der Waals surface area contributed by atoms with E-state index in [0.29, 0.717) is 42.7 Å². The first-order chi connectivity index (χ1) is 11.4. The number of hydrogen-bond donors (Lipinski definition) is 2. The fourth-order valence-electron chi connectivity index (χ4n) is 4.35. The Bertz CT molecular complexity index is 478. The van der Waals surface area contributed by atoms with Crippen molar-refractivity contribution in [3.05, 3.63) is 11.6 Å². The molecule has 0 spiro atoms.